The fourth-order valence-corrected chi connectivity index (χ4v) is 3.78. The Hall–Kier alpha value is 0.110. The Bertz CT molecular complexity index is 367. The molecule has 2 rings (SSSR count). The summed E-state index contributed by atoms with van der Waals surface area (Å²) < 4.78 is 0. The van der Waals surface area contributed by atoms with Crippen LogP contribution >= 0.6 is 35.0 Å². The maximum absolute atomic E-state index is 6.17. The molecule has 0 fully saturated rings. The number of rotatable bonds is 1. The van der Waals surface area contributed by atoms with Gasteiger partial charge in [0, 0.05) is 26.8 Å². The fourth-order valence-electron chi connectivity index (χ4n) is 1.83. The molecular formula is C10H11Cl2NS. The highest BCUT2D eigenvalue weighted by molar-refractivity contribution is 8.00. The van der Waals surface area contributed by atoms with Crippen LogP contribution in [0, 0.1) is 0 Å². The molecule has 0 saturated heterocycles. The summed E-state index contributed by atoms with van der Waals surface area (Å²) in [6.45, 7) is 2.18. The van der Waals surface area contributed by atoms with Crippen molar-refractivity contribution in [2.45, 2.75) is 23.1 Å². The number of hydrogen-bond donors (Lipinski definition) is 1. The highest BCUT2D eigenvalue weighted by atomic mass is 35.5. The van der Waals surface area contributed by atoms with Crippen molar-refractivity contribution in [3.8, 4) is 0 Å². The van der Waals surface area contributed by atoms with Crippen LogP contribution in [0.3, 0.4) is 0 Å². The van der Waals surface area contributed by atoms with Gasteiger partial charge in [-0.3, -0.25) is 0 Å². The van der Waals surface area contributed by atoms with Crippen LogP contribution in [-0.4, -0.2) is 12.3 Å². The maximum Gasteiger partial charge on any atom is 0.0546 e. The zero-order chi connectivity index (χ0) is 10.3. The molecule has 14 heavy (non-hydrogen) atoms. The lowest BCUT2D eigenvalue weighted by Crippen LogP contribution is -2.21. The lowest BCUT2D eigenvalue weighted by molar-refractivity contribution is 0.596. The topological polar surface area (TPSA) is 12.0 Å². The van der Waals surface area contributed by atoms with Crippen molar-refractivity contribution >= 4 is 35.0 Å². The van der Waals surface area contributed by atoms with Gasteiger partial charge in [0.05, 0.1) is 5.02 Å². The minimum absolute atomic E-state index is 0.307. The van der Waals surface area contributed by atoms with Crippen LogP contribution < -0.4 is 5.32 Å². The average Bonchev–Trinajstić information content (AvgIpc) is 2.50. The van der Waals surface area contributed by atoms with Gasteiger partial charge in [-0.2, -0.15) is 0 Å². The van der Waals surface area contributed by atoms with E-state index in [1.807, 2.05) is 19.2 Å². The largest absolute Gasteiger partial charge is 0.312 e. The van der Waals surface area contributed by atoms with Crippen LogP contribution in [0.25, 0.3) is 0 Å². The lowest BCUT2D eigenvalue weighted by atomic mass is 10.1. The average molecular weight is 248 g/mol. The van der Waals surface area contributed by atoms with Crippen molar-refractivity contribution in [1.29, 1.82) is 0 Å². The van der Waals surface area contributed by atoms with Gasteiger partial charge in [-0.05, 0) is 19.2 Å². The molecule has 0 amide bonds. The summed E-state index contributed by atoms with van der Waals surface area (Å²) >= 11 is 14.1. The summed E-state index contributed by atoms with van der Waals surface area (Å²) in [5.41, 5.74) is 1.15. The molecule has 0 spiro atoms. The van der Waals surface area contributed by atoms with E-state index in [-0.39, 0.29) is 0 Å². The fraction of sp³-hybridized carbons (Fsp3) is 0.400. The SMILES string of the molecule is CNC1c2c(Cl)ccc(Cl)c2SC1C. The molecule has 1 N–H and O–H groups in total. The zero-order valence-electron chi connectivity index (χ0n) is 7.97. The van der Waals surface area contributed by atoms with Crippen LogP contribution in [0.4, 0.5) is 0 Å². The second kappa shape index (κ2) is 3.93. The van der Waals surface area contributed by atoms with Gasteiger partial charge in [0.25, 0.3) is 0 Å². The zero-order valence-corrected chi connectivity index (χ0v) is 10.3. The predicted octanol–water partition coefficient (Wildman–Crippen LogP) is 3.75. The second-order valence-electron chi connectivity index (χ2n) is 3.36. The van der Waals surface area contributed by atoms with Crippen LogP contribution in [-0.2, 0) is 0 Å². The highest BCUT2D eigenvalue weighted by Crippen LogP contribution is 2.49. The molecule has 2 atom stereocenters. The molecule has 1 nitrogen and oxygen atoms in total. The Morgan fingerprint density at radius 2 is 1.93 bits per heavy atom. The van der Waals surface area contributed by atoms with Gasteiger partial charge in [0.2, 0.25) is 0 Å². The van der Waals surface area contributed by atoms with E-state index in [1.165, 1.54) is 0 Å². The Morgan fingerprint density at radius 1 is 1.29 bits per heavy atom. The van der Waals surface area contributed by atoms with Gasteiger partial charge in [-0.1, -0.05) is 30.1 Å². The van der Waals surface area contributed by atoms with Gasteiger partial charge in [-0.15, -0.1) is 11.8 Å². The summed E-state index contributed by atoms with van der Waals surface area (Å²) in [7, 11) is 1.95. The third kappa shape index (κ3) is 1.54. The summed E-state index contributed by atoms with van der Waals surface area (Å²) in [5.74, 6) is 0. The van der Waals surface area contributed by atoms with E-state index in [0.29, 0.717) is 11.3 Å². The Kier molecular flexibility index (Phi) is 2.98. The molecular weight excluding hydrogens is 237 g/mol. The number of thioether (sulfide) groups is 1. The third-order valence-electron chi connectivity index (χ3n) is 2.49. The van der Waals surface area contributed by atoms with Gasteiger partial charge >= 0.3 is 0 Å². The van der Waals surface area contributed by atoms with E-state index in [9.17, 15) is 0 Å². The molecule has 0 aromatic heterocycles. The quantitative estimate of drug-likeness (QED) is 0.812. The molecule has 0 saturated carbocycles. The van der Waals surface area contributed by atoms with E-state index in [1.54, 1.807) is 11.8 Å². The van der Waals surface area contributed by atoms with Crippen molar-refractivity contribution in [3.05, 3.63) is 27.7 Å². The van der Waals surface area contributed by atoms with Crippen LogP contribution in [0.15, 0.2) is 17.0 Å². The Balaban J connectivity index is 2.57. The number of hydrogen-bond acceptors (Lipinski definition) is 2. The monoisotopic (exact) mass is 247 g/mol. The minimum atomic E-state index is 0.307. The van der Waals surface area contributed by atoms with Crippen LogP contribution in [0.1, 0.15) is 18.5 Å². The molecule has 1 aliphatic heterocycles. The minimum Gasteiger partial charge on any atom is -0.312 e. The van der Waals surface area contributed by atoms with Crippen molar-refractivity contribution in [2.24, 2.45) is 0 Å². The van der Waals surface area contributed by atoms with E-state index in [4.69, 9.17) is 23.2 Å². The predicted molar refractivity (Wildman–Crippen MR) is 63.6 cm³/mol. The first-order chi connectivity index (χ1) is 6.65. The van der Waals surface area contributed by atoms with E-state index < -0.39 is 0 Å². The molecule has 2 unspecified atom stereocenters. The second-order valence-corrected chi connectivity index (χ2v) is 5.56. The van der Waals surface area contributed by atoms with Crippen molar-refractivity contribution in [1.82, 2.24) is 5.32 Å². The lowest BCUT2D eigenvalue weighted by Gasteiger charge is -2.15. The van der Waals surface area contributed by atoms with Crippen molar-refractivity contribution < 1.29 is 0 Å². The third-order valence-corrected chi connectivity index (χ3v) is 4.57. The molecule has 0 radical (unpaired) electrons. The smallest absolute Gasteiger partial charge is 0.0546 e. The van der Waals surface area contributed by atoms with Gasteiger partial charge in [-0.25, -0.2) is 0 Å². The van der Waals surface area contributed by atoms with Crippen LogP contribution in [0.5, 0.6) is 0 Å². The Morgan fingerprint density at radius 3 is 2.57 bits per heavy atom. The van der Waals surface area contributed by atoms with Crippen LogP contribution in [0.2, 0.25) is 10.0 Å². The molecule has 1 aromatic rings. The molecule has 0 aliphatic carbocycles. The van der Waals surface area contributed by atoms with Gasteiger partial charge in [0.15, 0.2) is 0 Å². The van der Waals surface area contributed by atoms with E-state index in [2.05, 4.69) is 12.2 Å². The number of benzene rings is 1. The van der Waals surface area contributed by atoms with Crippen molar-refractivity contribution in [2.75, 3.05) is 7.05 Å². The standard InChI is InChI=1S/C10H11Cl2NS/c1-5-9(13-2)8-6(11)3-4-7(12)10(8)14-5/h3-5,9,13H,1-2H3. The molecule has 1 heterocycles. The number of nitrogens with one attached hydrogen (secondary N) is 1. The first-order valence-electron chi connectivity index (χ1n) is 4.47. The van der Waals surface area contributed by atoms with Gasteiger partial charge in [0.1, 0.15) is 0 Å². The summed E-state index contributed by atoms with van der Waals surface area (Å²) in [4.78, 5) is 1.13. The first kappa shape index (κ1) is 10.6. The summed E-state index contributed by atoms with van der Waals surface area (Å²) in [5, 5.41) is 5.36. The molecule has 4 heteroatoms. The van der Waals surface area contributed by atoms with E-state index >= 15 is 0 Å². The first-order valence-corrected chi connectivity index (χ1v) is 6.10. The van der Waals surface area contributed by atoms with Gasteiger partial charge < -0.3 is 5.32 Å². The molecule has 0 bridgehead atoms. The molecule has 76 valence electrons. The number of halogens is 2. The normalized spacial score (nSPS) is 25.1. The highest BCUT2D eigenvalue weighted by Gasteiger charge is 2.32. The molecule has 1 aliphatic rings. The summed E-state index contributed by atoms with van der Waals surface area (Å²) in [6.07, 6.45) is 0. The molecule has 1 aromatic carbocycles. The Labute approximate surface area is 98.2 Å². The number of fused-ring (bicyclic) bond motifs is 1. The summed E-state index contributed by atoms with van der Waals surface area (Å²) in [6, 6.07) is 4.03. The van der Waals surface area contributed by atoms with Crippen molar-refractivity contribution in [3.63, 3.8) is 0 Å². The van der Waals surface area contributed by atoms with E-state index in [0.717, 1.165) is 20.5 Å². The maximum atomic E-state index is 6.17.